The Balaban J connectivity index is 1.49. The first kappa shape index (κ1) is 29.2. The number of benzene rings is 4. The molecule has 4 aromatic carbocycles. The molecule has 41 heavy (non-hydrogen) atoms. The van der Waals surface area contributed by atoms with Crippen molar-refractivity contribution >= 4 is 35.5 Å². The largest absolute Gasteiger partial charge is 0.361 e. The van der Waals surface area contributed by atoms with E-state index in [2.05, 4.69) is 9.97 Å². The van der Waals surface area contributed by atoms with Crippen molar-refractivity contribution in [1.29, 1.82) is 0 Å². The molecule has 0 aliphatic rings. The molecule has 0 atom stereocenters. The molecule has 212 valence electrons. The van der Waals surface area contributed by atoms with Crippen molar-refractivity contribution in [3.63, 3.8) is 0 Å². The molecule has 0 fully saturated rings. The molecule has 0 amide bonds. The van der Waals surface area contributed by atoms with Crippen LogP contribution in [0.3, 0.4) is 0 Å². The molecule has 0 aliphatic carbocycles. The number of aromatic nitrogens is 2. The number of H-pyrrole nitrogens is 1. The monoisotopic (exact) mass is 594 g/mol. The van der Waals surface area contributed by atoms with E-state index in [0.717, 1.165) is 22.8 Å². The van der Waals surface area contributed by atoms with Crippen LogP contribution in [0.25, 0.3) is 33.3 Å². The average Bonchev–Trinajstić information content (AvgIpc) is 3.36. The van der Waals surface area contributed by atoms with Crippen molar-refractivity contribution in [2.24, 2.45) is 0 Å². The molecule has 0 unspecified atom stereocenters. The Morgan fingerprint density at radius 3 is 2.05 bits per heavy atom. The van der Waals surface area contributed by atoms with Gasteiger partial charge >= 0.3 is 13.5 Å². The third-order valence-electron chi connectivity index (χ3n) is 6.40. The number of hydrogen-bond donors (Lipinski definition) is 1. The summed E-state index contributed by atoms with van der Waals surface area (Å²) in [5.41, 5.74) is 3.99. The minimum absolute atomic E-state index is 0.0532. The van der Waals surface area contributed by atoms with Crippen LogP contribution in [0.15, 0.2) is 91.0 Å². The van der Waals surface area contributed by atoms with E-state index in [1.54, 1.807) is 39.8 Å². The number of imidazole rings is 1. The van der Waals surface area contributed by atoms with Crippen molar-refractivity contribution in [2.45, 2.75) is 45.8 Å². The Morgan fingerprint density at radius 2 is 1.41 bits per heavy atom. The third kappa shape index (κ3) is 6.14. The van der Waals surface area contributed by atoms with Crippen LogP contribution in [0.4, 0.5) is 8.78 Å². The highest BCUT2D eigenvalue weighted by Gasteiger charge is 2.40. The molecule has 0 saturated carbocycles. The predicted octanol–water partition coefficient (Wildman–Crippen LogP) is 9.36. The summed E-state index contributed by atoms with van der Waals surface area (Å²) in [7, 11) is -3.85. The van der Waals surface area contributed by atoms with E-state index < -0.39 is 37.1 Å². The number of nitrogens with one attached hydrogen (secondary N) is 1. The van der Waals surface area contributed by atoms with Crippen molar-refractivity contribution < 1.29 is 22.4 Å². The first-order valence-corrected chi connectivity index (χ1v) is 15.2. The van der Waals surface area contributed by atoms with Crippen molar-refractivity contribution in [3.8, 4) is 22.3 Å². The van der Waals surface area contributed by atoms with E-state index in [9.17, 15) is 4.57 Å². The second-order valence-electron chi connectivity index (χ2n) is 10.3. The van der Waals surface area contributed by atoms with Gasteiger partial charge in [-0.05, 0) is 68.7 Å². The Bertz CT molecular complexity index is 1710. The molecular formula is C32H30ClF2N2O3P. The van der Waals surface area contributed by atoms with E-state index in [1.165, 1.54) is 18.2 Å². The highest BCUT2D eigenvalue weighted by atomic mass is 35.5. The molecule has 5 aromatic rings. The number of alkyl halides is 2. The van der Waals surface area contributed by atoms with Crippen LogP contribution in [0.1, 0.15) is 39.1 Å². The highest BCUT2D eigenvalue weighted by Crippen LogP contribution is 2.50. The standard InChI is InChI=1S/C32H30ClF2N2O3P/c1-20(2)39-41(38,40-21(3)4)26-12-8-11-25(17-26)32(34,35)31-36-29-18-27(28(33)19-30(29)37-31)24-15-13-23(14-16-24)22-9-6-5-7-10-22/h5-21H,1-4H3,(H,36,37). The van der Waals surface area contributed by atoms with Gasteiger partial charge in [0.1, 0.15) is 0 Å². The third-order valence-corrected chi connectivity index (χ3v) is 9.02. The maximum atomic E-state index is 15.9. The SMILES string of the molecule is CC(C)OP(=O)(OC(C)C)c1cccc(C(F)(F)c2nc3cc(-c4ccc(-c5ccccc5)cc4)c(Cl)cc3[nH]2)c1. The summed E-state index contributed by atoms with van der Waals surface area (Å²) < 4.78 is 56.5. The van der Waals surface area contributed by atoms with Gasteiger partial charge in [-0.3, -0.25) is 4.57 Å². The van der Waals surface area contributed by atoms with E-state index in [1.807, 2.05) is 54.6 Å². The molecule has 0 radical (unpaired) electrons. The molecule has 1 aromatic heterocycles. The normalized spacial score (nSPS) is 12.5. The lowest BCUT2D eigenvalue weighted by Crippen LogP contribution is -2.22. The molecular weight excluding hydrogens is 565 g/mol. The minimum Gasteiger partial charge on any atom is -0.337 e. The number of fused-ring (bicyclic) bond motifs is 1. The van der Waals surface area contributed by atoms with Crippen molar-refractivity contribution in [3.05, 3.63) is 107 Å². The van der Waals surface area contributed by atoms with Gasteiger partial charge in [0.15, 0.2) is 5.82 Å². The fourth-order valence-electron chi connectivity index (χ4n) is 4.58. The molecule has 0 bridgehead atoms. The van der Waals surface area contributed by atoms with Crippen LogP contribution >= 0.6 is 19.2 Å². The maximum Gasteiger partial charge on any atom is 0.361 e. The summed E-state index contributed by atoms with van der Waals surface area (Å²) in [6.07, 6.45) is -0.875. The van der Waals surface area contributed by atoms with Crippen molar-refractivity contribution in [2.75, 3.05) is 0 Å². The van der Waals surface area contributed by atoms with Gasteiger partial charge in [0.2, 0.25) is 0 Å². The van der Waals surface area contributed by atoms with Gasteiger partial charge in [-0.25, -0.2) is 4.98 Å². The molecule has 1 heterocycles. The zero-order valence-corrected chi connectivity index (χ0v) is 24.7. The van der Waals surface area contributed by atoms with Gasteiger partial charge in [0.25, 0.3) is 0 Å². The van der Waals surface area contributed by atoms with Gasteiger partial charge in [0, 0.05) is 11.1 Å². The van der Waals surface area contributed by atoms with Crippen LogP contribution in [-0.2, 0) is 19.5 Å². The van der Waals surface area contributed by atoms with Gasteiger partial charge < -0.3 is 14.0 Å². The predicted molar refractivity (Wildman–Crippen MR) is 161 cm³/mol. The summed E-state index contributed by atoms with van der Waals surface area (Å²) in [6, 6.07) is 26.5. The number of hydrogen-bond acceptors (Lipinski definition) is 4. The van der Waals surface area contributed by atoms with Crippen LogP contribution in [0, 0.1) is 0 Å². The van der Waals surface area contributed by atoms with Gasteiger partial charge in [-0.1, -0.05) is 78.3 Å². The molecule has 9 heteroatoms. The number of halogens is 3. The molecule has 0 saturated heterocycles. The van der Waals surface area contributed by atoms with E-state index in [4.69, 9.17) is 20.6 Å². The minimum atomic E-state index is -3.85. The van der Waals surface area contributed by atoms with Crippen LogP contribution < -0.4 is 5.30 Å². The molecule has 5 rings (SSSR count). The lowest BCUT2D eigenvalue weighted by atomic mass is 10.00. The lowest BCUT2D eigenvalue weighted by Gasteiger charge is -2.24. The van der Waals surface area contributed by atoms with Crippen LogP contribution in [0.2, 0.25) is 5.02 Å². The molecule has 1 N–H and O–H groups in total. The first-order chi connectivity index (χ1) is 19.5. The van der Waals surface area contributed by atoms with Gasteiger partial charge in [0.05, 0.1) is 33.6 Å². The molecule has 0 spiro atoms. The second kappa shape index (κ2) is 11.5. The average molecular weight is 595 g/mol. The van der Waals surface area contributed by atoms with Crippen LogP contribution in [0.5, 0.6) is 0 Å². The Labute approximate surface area is 243 Å². The number of rotatable bonds is 9. The van der Waals surface area contributed by atoms with E-state index >= 15 is 8.78 Å². The first-order valence-electron chi connectivity index (χ1n) is 13.3. The summed E-state index contributed by atoms with van der Waals surface area (Å²) in [5.74, 6) is -4.08. The Hall–Kier alpha value is -3.35. The van der Waals surface area contributed by atoms with Crippen LogP contribution in [-0.4, -0.2) is 22.2 Å². The maximum absolute atomic E-state index is 15.9. The van der Waals surface area contributed by atoms with Crippen molar-refractivity contribution in [1.82, 2.24) is 9.97 Å². The fourth-order valence-corrected chi connectivity index (χ4v) is 6.83. The molecule has 5 nitrogen and oxygen atoms in total. The lowest BCUT2D eigenvalue weighted by molar-refractivity contribution is 0.0341. The topological polar surface area (TPSA) is 64.2 Å². The summed E-state index contributed by atoms with van der Waals surface area (Å²) >= 11 is 6.59. The van der Waals surface area contributed by atoms with E-state index in [-0.39, 0.29) is 5.30 Å². The number of nitrogens with zero attached hydrogens (tertiary/aromatic N) is 1. The summed E-state index contributed by atoms with van der Waals surface area (Å²) in [6.45, 7) is 6.83. The summed E-state index contributed by atoms with van der Waals surface area (Å²) in [5, 5.41) is 0.459. The van der Waals surface area contributed by atoms with Gasteiger partial charge in [-0.2, -0.15) is 8.78 Å². The zero-order chi connectivity index (χ0) is 29.4. The second-order valence-corrected chi connectivity index (χ2v) is 12.6. The molecule has 0 aliphatic heterocycles. The summed E-state index contributed by atoms with van der Waals surface area (Å²) in [4.78, 5) is 6.98. The van der Waals surface area contributed by atoms with Gasteiger partial charge in [-0.15, -0.1) is 0 Å². The quantitative estimate of drug-likeness (QED) is 0.173. The Morgan fingerprint density at radius 1 is 0.805 bits per heavy atom. The highest BCUT2D eigenvalue weighted by molar-refractivity contribution is 7.62. The Kier molecular flexibility index (Phi) is 8.18. The smallest absolute Gasteiger partial charge is 0.337 e. The zero-order valence-electron chi connectivity index (χ0n) is 23.1. The fraction of sp³-hybridized carbons (Fsp3) is 0.219. The van der Waals surface area contributed by atoms with E-state index in [0.29, 0.717) is 21.6 Å². The number of aromatic amines is 1.